The molecule has 0 spiro atoms. The van der Waals surface area contributed by atoms with Crippen molar-refractivity contribution in [2.45, 2.75) is 65.0 Å². The fourth-order valence-electron chi connectivity index (χ4n) is 6.63. The van der Waals surface area contributed by atoms with Gasteiger partial charge in [0.1, 0.15) is 23.0 Å². The SMILES string of the molecule is COc1cc(CNCCn2cc(CNCCCC#Cc3ccc(C#Cc4ccc(C#CCCCNCc5cn(CCNCc6cc(OC)cc(OC)c6)nn5)cc4)cc3)nn2)cc(OC)c1. The maximum Gasteiger partial charge on any atom is 0.122 e. The van der Waals surface area contributed by atoms with Crippen molar-refractivity contribution < 1.29 is 18.9 Å². The molecule has 4 N–H and O–H groups in total. The minimum absolute atomic E-state index is 0.671. The van der Waals surface area contributed by atoms with E-state index in [0.717, 1.165) is 133 Å². The number of nitrogens with one attached hydrogen (secondary N) is 4. The lowest BCUT2D eigenvalue weighted by molar-refractivity contribution is 0.392. The van der Waals surface area contributed by atoms with Gasteiger partial charge in [0.05, 0.1) is 52.9 Å². The van der Waals surface area contributed by atoms with Gasteiger partial charge in [-0.3, -0.25) is 9.36 Å². The molecule has 14 nitrogen and oxygen atoms in total. The third-order valence-electron chi connectivity index (χ3n) is 10.2. The van der Waals surface area contributed by atoms with E-state index in [9.17, 15) is 0 Å². The highest BCUT2D eigenvalue weighted by Crippen LogP contribution is 2.23. The molecule has 0 amide bonds. The highest BCUT2D eigenvalue weighted by molar-refractivity contribution is 5.48. The van der Waals surface area contributed by atoms with Gasteiger partial charge in [0, 0.05) is 98.9 Å². The Bertz CT molecular complexity index is 2370. The lowest BCUT2D eigenvalue weighted by Crippen LogP contribution is -2.20. The first kappa shape index (κ1) is 48.3. The molecule has 6 rings (SSSR count). The topological polar surface area (TPSA) is 146 Å². The summed E-state index contributed by atoms with van der Waals surface area (Å²) in [5.74, 6) is 22.7. The molecule has 0 saturated heterocycles. The first-order chi connectivity index (χ1) is 32.5. The molecule has 0 saturated carbocycles. The van der Waals surface area contributed by atoms with E-state index in [4.69, 9.17) is 18.9 Å². The van der Waals surface area contributed by atoms with E-state index < -0.39 is 0 Å². The quantitative estimate of drug-likeness (QED) is 0.0436. The van der Waals surface area contributed by atoms with E-state index in [2.05, 4.69) is 77.4 Å². The Morgan fingerprint density at radius 1 is 0.439 bits per heavy atom. The van der Waals surface area contributed by atoms with Crippen LogP contribution >= 0.6 is 0 Å². The number of hydrogen-bond donors (Lipinski definition) is 4. The summed E-state index contributed by atoms with van der Waals surface area (Å²) >= 11 is 0. The fourth-order valence-corrected chi connectivity index (χ4v) is 6.63. The van der Waals surface area contributed by atoms with Gasteiger partial charge >= 0.3 is 0 Å². The minimum Gasteiger partial charge on any atom is -0.497 e. The molecule has 0 unspecified atom stereocenters. The van der Waals surface area contributed by atoms with Crippen molar-refractivity contribution in [1.29, 1.82) is 0 Å². The second-order valence-electron chi connectivity index (χ2n) is 15.3. The number of aromatic nitrogens is 6. The van der Waals surface area contributed by atoms with E-state index in [1.54, 1.807) is 28.4 Å². The van der Waals surface area contributed by atoms with Crippen LogP contribution in [0.3, 0.4) is 0 Å². The lowest BCUT2D eigenvalue weighted by Gasteiger charge is -2.09. The van der Waals surface area contributed by atoms with Gasteiger partial charge in [-0.25, -0.2) is 0 Å². The summed E-state index contributed by atoms with van der Waals surface area (Å²) in [4.78, 5) is 0. The van der Waals surface area contributed by atoms with Gasteiger partial charge in [-0.1, -0.05) is 45.9 Å². The summed E-state index contributed by atoms with van der Waals surface area (Å²) in [6, 6.07) is 27.9. The summed E-state index contributed by atoms with van der Waals surface area (Å²) < 4.78 is 25.1. The predicted octanol–water partition coefficient (Wildman–Crippen LogP) is 5.73. The summed E-state index contributed by atoms with van der Waals surface area (Å²) in [6.45, 7) is 7.43. The van der Waals surface area contributed by atoms with Crippen LogP contribution in [0.2, 0.25) is 0 Å². The van der Waals surface area contributed by atoms with Crippen LogP contribution in [0.5, 0.6) is 23.0 Å². The Morgan fingerprint density at radius 2 is 0.788 bits per heavy atom. The van der Waals surface area contributed by atoms with Gasteiger partial charge in [0.25, 0.3) is 0 Å². The number of hydrogen-bond acceptors (Lipinski definition) is 12. The highest BCUT2D eigenvalue weighted by Gasteiger charge is 2.06. The molecular weight excluding hydrogens is 829 g/mol. The van der Waals surface area contributed by atoms with Crippen molar-refractivity contribution in [3.63, 3.8) is 0 Å². The molecule has 4 aromatic carbocycles. The first-order valence-electron chi connectivity index (χ1n) is 22.2. The standard InChI is InChI=1S/C52H60N10O4/c1-63-49-29-45(30-50(33-49)64-2)35-55-25-27-61-39-47(57-59-61)37-53-23-9-5-7-11-41-13-17-43(18-14-41)21-22-44-19-15-42(16-20-44)12-8-6-10-24-54-38-48-40-62(60-58-48)28-26-56-36-46-31-51(65-3)34-52(32-46)66-4/h13-20,29-34,39-40,53-56H,5-6,9-10,23-28,35-38H2,1-4H3. The molecule has 0 aliphatic heterocycles. The Morgan fingerprint density at radius 3 is 1.15 bits per heavy atom. The van der Waals surface area contributed by atoms with Crippen LogP contribution in [-0.2, 0) is 39.3 Å². The van der Waals surface area contributed by atoms with Crippen molar-refractivity contribution in [2.24, 2.45) is 0 Å². The molecule has 6 aromatic rings. The van der Waals surface area contributed by atoms with Crippen molar-refractivity contribution in [3.05, 3.63) is 142 Å². The van der Waals surface area contributed by atoms with Gasteiger partial charge in [-0.2, -0.15) is 0 Å². The van der Waals surface area contributed by atoms with Crippen molar-refractivity contribution >= 4 is 0 Å². The van der Waals surface area contributed by atoms with E-state index >= 15 is 0 Å². The van der Waals surface area contributed by atoms with Gasteiger partial charge in [0.15, 0.2) is 0 Å². The van der Waals surface area contributed by atoms with Crippen LogP contribution in [0.25, 0.3) is 0 Å². The zero-order chi connectivity index (χ0) is 46.0. The number of unbranched alkanes of at least 4 members (excludes halogenated alkanes) is 2. The summed E-state index contributed by atoms with van der Waals surface area (Å²) in [7, 11) is 6.62. The second-order valence-corrected chi connectivity index (χ2v) is 15.3. The van der Waals surface area contributed by atoms with E-state index in [0.29, 0.717) is 26.2 Å². The normalized spacial score (nSPS) is 10.5. The number of methoxy groups -OCH3 is 4. The first-order valence-corrected chi connectivity index (χ1v) is 22.2. The monoisotopic (exact) mass is 888 g/mol. The third kappa shape index (κ3) is 17.1. The maximum atomic E-state index is 5.35. The Balaban J connectivity index is 0.786. The Labute approximate surface area is 389 Å². The zero-order valence-electron chi connectivity index (χ0n) is 38.5. The summed E-state index contributed by atoms with van der Waals surface area (Å²) in [5.41, 5.74) is 7.89. The molecule has 2 aromatic heterocycles. The lowest BCUT2D eigenvalue weighted by atomic mass is 10.1. The van der Waals surface area contributed by atoms with Gasteiger partial charge in [-0.05, 0) is 110 Å². The maximum absolute atomic E-state index is 5.35. The van der Waals surface area contributed by atoms with Crippen molar-refractivity contribution in [3.8, 4) is 58.5 Å². The molecule has 66 heavy (non-hydrogen) atoms. The third-order valence-corrected chi connectivity index (χ3v) is 10.2. The molecule has 0 bridgehead atoms. The molecule has 0 aliphatic carbocycles. The van der Waals surface area contributed by atoms with E-state index in [1.807, 2.05) is 107 Å². The summed E-state index contributed by atoms with van der Waals surface area (Å²) in [5, 5.41) is 30.8. The van der Waals surface area contributed by atoms with E-state index in [1.165, 1.54) is 0 Å². The van der Waals surface area contributed by atoms with Gasteiger partial charge in [0.2, 0.25) is 0 Å². The molecule has 0 radical (unpaired) electrons. The zero-order valence-corrected chi connectivity index (χ0v) is 38.5. The van der Waals surface area contributed by atoms with Crippen molar-refractivity contribution in [1.82, 2.24) is 51.3 Å². The van der Waals surface area contributed by atoms with Crippen LogP contribution < -0.4 is 40.2 Å². The molecule has 14 heteroatoms. The molecule has 342 valence electrons. The molecular formula is C52H60N10O4. The minimum atomic E-state index is 0.671. The average Bonchev–Trinajstić information content (AvgIpc) is 4.02. The fraction of sp³-hybridized carbons (Fsp3) is 0.346. The van der Waals surface area contributed by atoms with Gasteiger partial charge < -0.3 is 40.2 Å². The smallest absolute Gasteiger partial charge is 0.122 e. The van der Waals surface area contributed by atoms with Crippen LogP contribution in [0.1, 0.15) is 70.5 Å². The largest absolute Gasteiger partial charge is 0.497 e. The van der Waals surface area contributed by atoms with Crippen LogP contribution in [0, 0.1) is 35.5 Å². The number of benzene rings is 4. The number of ether oxygens (including phenoxy) is 4. The molecule has 2 heterocycles. The van der Waals surface area contributed by atoms with Crippen molar-refractivity contribution in [2.75, 3.05) is 54.6 Å². The second kappa shape index (κ2) is 27.3. The van der Waals surface area contributed by atoms with Crippen LogP contribution in [0.4, 0.5) is 0 Å². The number of rotatable bonds is 24. The average molecular weight is 889 g/mol. The number of nitrogens with zero attached hydrogens (tertiary/aromatic N) is 6. The Hall–Kier alpha value is -7.12. The van der Waals surface area contributed by atoms with Gasteiger partial charge in [-0.15, -0.1) is 10.2 Å². The summed E-state index contributed by atoms with van der Waals surface area (Å²) in [6.07, 6.45) is 7.47. The molecule has 0 fully saturated rings. The molecule has 0 aliphatic rings. The molecule has 0 atom stereocenters. The predicted molar refractivity (Wildman–Crippen MR) is 257 cm³/mol. The van der Waals surface area contributed by atoms with Crippen LogP contribution in [-0.4, -0.2) is 84.6 Å². The highest BCUT2D eigenvalue weighted by atomic mass is 16.5. The Kier molecular flexibility index (Phi) is 20.0. The van der Waals surface area contributed by atoms with Crippen LogP contribution in [0.15, 0.2) is 97.3 Å². The van der Waals surface area contributed by atoms with E-state index in [-0.39, 0.29) is 0 Å².